The molecule has 1 unspecified atom stereocenters. The van der Waals surface area contributed by atoms with E-state index in [-0.39, 0.29) is 6.61 Å². The van der Waals surface area contributed by atoms with Gasteiger partial charge in [-0.25, -0.2) is 0 Å². The van der Waals surface area contributed by atoms with Crippen LogP contribution in [0.3, 0.4) is 0 Å². The van der Waals surface area contributed by atoms with Crippen LogP contribution in [0.2, 0.25) is 0 Å². The van der Waals surface area contributed by atoms with E-state index in [0.717, 1.165) is 5.75 Å². The van der Waals surface area contributed by atoms with Crippen molar-refractivity contribution < 1.29 is 19.1 Å². The van der Waals surface area contributed by atoms with Crippen molar-refractivity contribution in [3.8, 4) is 11.5 Å². The van der Waals surface area contributed by atoms with E-state index in [9.17, 15) is 5.11 Å². The molecule has 0 amide bonds. The van der Waals surface area contributed by atoms with Crippen molar-refractivity contribution in [1.82, 2.24) is 15.5 Å². The number of aliphatic hydroxyl groups excluding tert-OH is 1. The Labute approximate surface area is 122 Å². The first-order chi connectivity index (χ1) is 10.3. The summed E-state index contributed by atoms with van der Waals surface area (Å²) in [6, 6.07) is 7.22. The minimum atomic E-state index is -0.586. The van der Waals surface area contributed by atoms with Crippen molar-refractivity contribution in [2.45, 2.75) is 12.5 Å². The second-order valence-corrected chi connectivity index (χ2v) is 4.44. The Morgan fingerprint density at radius 2 is 2.05 bits per heavy atom. The highest BCUT2D eigenvalue weighted by Gasteiger charge is 2.05. The molecule has 0 fully saturated rings. The summed E-state index contributed by atoms with van der Waals surface area (Å²) in [6.07, 6.45) is 1.37. The number of hydrogen-bond donors (Lipinski definition) is 2. The van der Waals surface area contributed by atoms with Gasteiger partial charge in [-0.05, 0) is 24.3 Å². The lowest BCUT2D eigenvalue weighted by atomic mass is 10.3. The van der Waals surface area contributed by atoms with Crippen LogP contribution in [-0.2, 0) is 6.42 Å². The standard InChI is InChI=1S/C14H19N3O4/c1-19-12-2-4-13(5-3-12)20-9-11(18)8-15-7-6-14-16-10-21-17-14/h2-5,10-11,15,18H,6-9H2,1H3. The van der Waals surface area contributed by atoms with Gasteiger partial charge in [-0.3, -0.25) is 0 Å². The number of aliphatic hydroxyl groups is 1. The lowest BCUT2D eigenvalue weighted by Crippen LogP contribution is -2.32. The summed E-state index contributed by atoms with van der Waals surface area (Å²) in [7, 11) is 1.61. The molecule has 0 saturated heterocycles. The summed E-state index contributed by atoms with van der Waals surface area (Å²) in [4.78, 5) is 3.91. The summed E-state index contributed by atoms with van der Waals surface area (Å²) in [5, 5.41) is 16.6. The van der Waals surface area contributed by atoms with Crippen molar-refractivity contribution in [2.75, 3.05) is 26.8 Å². The monoisotopic (exact) mass is 293 g/mol. The molecular formula is C14H19N3O4. The van der Waals surface area contributed by atoms with Gasteiger partial charge < -0.3 is 24.4 Å². The summed E-state index contributed by atoms with van der Waals surface area (Å²) >= 11 is 0. The molecule has 7 heteroatoms. The zero-order valence-electron chi connectivity index (χ0n) is 11.9. The SMILES string of the molecule is COc1ccc(OCC(O)CNCCc2ncon2)cc1. The number of benzene rings is 1. The predicted molar refractivity (Wildman–Crippen MR) is 75.4 cm³/mol. The first-order valence-corrected chi connectivity index (χ1v) is 6.69. The maximum Gasteiger partial charge on any atom is 0.213 e. The Balaban J connectivity index is 1.59. The van der Waals surface area contributed by atoms with Crippen LogP contribution in [0.5, 0.6) is 11.5 Å². The van der Waals surface area contributed by atoms with E-state index < -0.39 is 6.10 Å². The van der Waals surface area contributed by atoms with E-state index in [1.54, 1.807) is 19.2 Å². The average molecular weight is 293 g/mol. The Bertz CT molecular complexity index is 501. The summed E-state index contributed by atoms with van der Waals surface area (Å²) in [5.41, 5.74) is 0. The van der Waals surface area contributed by atoms with Crippen LogP contribution in [-0.4, -0.2) is 48.2 Å². The number of ether oxygens (including phenoxy) is 2. The van der Waals surface area contributed by atoms with Crippen molar-refractivity contribution >= 4 is 0 Å². The highest BCUT2D eigenvalue weighted by atomic mass is 16.5. The molecule has 0 aliphatic carbocycles. The molecule has 2 N–H and O–H groups in total. The zero-order chi connectivity index (χ0) is 14.9. The quantitative estimate of drug-likeness (QED) is 0.656. The van der Waals surface area contributed by atoms with Gasteiger partial charge in [-0.1, -0.05) is 5.16 Å². The number of methoxy groups -OCH3 is 1. The van der Waals surface area contributed by atoms with Crippen LogP contribution >= 0.6 is 0 Å². The van der Waals surface area contributed by atoms with Crippen molar-refractivity contribution in [3.05, 3.63) is 36.5 Å². The minimum absolute atomic E-state index is 0.224. The number of nitrogens with one attached hydrogen (secondary N) is 1. The maximum atomic E-state index is 9.81. The van der Waals surface area contributed by atoms with Gasteiger partial charge in [-0.2, -0.15) is 4.98 Å². The second kappa shape index (κ2) is 8.23. The fourth-order valence-electron chi connectivity index (χ4n) is 1.69. The number of aromatic nitrogens is 2. The van der Waals surface area contributed by atoms with E-state index in [4.69, 9.17) is 9.47 Å². The molecule has 1 heterocycles. The number of nitrogens with zero attached hydrogens (tertiary/aromatic N) is 2. The lowest BCUT2D eigenvalue weighted by molar-refractivity contribution is 0.106. The molecule has 1 atom stereocenters. The van der Waals surface area contributed by atoms with E-state index >= 15 is 0 Å². The molecule has 0 spiro atoms. The molecule has 2 rings (SSSR count). The zero-order valence-corrected chi connectivity index (χ0v) is 11.9. The van der Waals surface area contributed by atoms with Crippen LogP contribution in [0, 0.1) is 0 Å². The van der Waals surface area contributed by atoms with Crippen LogP contribution in [0.15, 0.2) is 35.2 Å². The van der Waals surface area contributed by atoms with Crippen LogP contribution in [0.25, 0.3) is 0 Å². The summed E-state index contributed by atoms with van der Waals surface area (Å²) < 4.78 is 15.2. The molecule has 21 heavy (non-hydrogen) atoms. The fraction of sp³-hybridized carbons (Fsp3) is 0.429. The molecule has 0 bridgehead atoms. The van der Waals surface area contributed by atoms with E-state index in [2.05, 4.69) is 20.0 Å². The summed E-state index contributed by atoms with van der Waals surface area (Å²) in [6.45, 7) is 1.33. The highest BCUT2D eigenvalue weighted by molar-refractivity contribution is 5.31. The summed E-state index contributed by atoms with van der Waals surface area (Å²) in [5.74, 6) is 2.11. The molecule has 1 aromatic carbocycles. The Morgan fingerprint density at radius 1 is 1.29 bits per heavy atom. The highest BCUT2D eigenvalue weighted by Crippen LogP contribution is 2.16. The Morgan fingerprint density at radius 3 is 2.71 bits per heavy atom. The molecule has 7 nitrogen and oxygen atoms in total. The number of rotatable bonds is 9. The lowest BCUT2D eigenvalue weighted by Gasteiger charge is -2.13. The molecule has 1 aromatic heterocycles. The van der Waals surface area contributed by atoms with Gasteiger partial charge in [0, 0.05) is 19.5 Å². The van der Waals surface area contributed by atoms with Gasteiger partial charge >= 0.3 is 0 Å². The fourth-order valence-corrected chi connectivity index (χ4v) is 1.69. The second-order valence-electron chi connectivity index (χ2n) is 4.44. The number of hydrogen-bond acceptors (Lipinski definition) is 7. The van der Waals surface area contributed by atoms with Crippen LogP contribution in [0.4, 0.5) is 0 Å². The third-order valence-electron chi connectivity index (χ3n) is 2.81. The maximum absolute atomic E-state index is 9.81. The average Bonchev–Trinajstić information content (AvgIpc) is 3.03. The molecule has 2 aromatic rings. The molecular weight excluding hydrogens is 274 g/mol. The van der Waals surface area contributed by atoms with Gasteiger partial charge in [0.2, 0.25) is 6.39 Å². The third kappa shape index (κ3) is 5.41. The Kier molecular flexibility index (Phi) is 5.99. The van der Waals surface area contributed by atoms with Gasteiger partial charge in [0.05, 0.1) is 7.11 Å². The van der Waals surface area contributed by atoms with E-state index in [1.165, 1.54) is 6.39 Å². The predicted octanol–water partition coefficient (Wildman–Crippen LogP) is 0.650. The van der Waals surface area contributed by atoms with Crippen molar-refractivity contribution in [1.29, 1.82) is 0 Å². The largest absolute Gasteiger partial charge is 0.497 e. The molecule has 114 valence electrons. The van der Waals surface area contributed by atoms with Crippen LogP contribution in [0.1, 0.15) is 5.82 Å². The van der Waals surface area contributed by atoms with Crippen molar-refractivity contribution in [3.63, 3.8) is 0 Å². The van der Waals surface area contributed by atoms with Gasteiger partial charge in [0.1, 0.15) is 24.2 Å². The van der Waals surface area contributed by atoms with Crippen molar-refractivity contribution in [2.24, 2.45) is 0 Å². The molecule has 0 saturated carbocycles. The third-order valence-corrected chi connectivity index (χ3v) is 2.81. The van der Waals surface area contributed by atoms with Gasteiger partial charge in [0.25, 0.3) is 0 Å². The van der Waals surface area contributed by atoms with E-state index in [0.29, 0.717) is 31.1 Å². The first-order valence-electron chi connectivity index (χ1n) is 6.69. The van der Waals surface area contributed by atoms with Gasteiger partial charge in [-0.15, -0.1) is 0 Å². The van der Waals surface area contributed by atoms with Gasteiger partial charge in [0.15, 0.2) is 5.82 Å². The van der Waals surface area contributed by atoms with E-state index in [1.807, 2.05) is 12.1 Å². The minimum Gasteiger partial charge on any atom is -0.497 e. The van der Waals surface area contributed by atoms with Crippen LogP contribution < -0.4 is 14.8 Å². The smallest absolute Gasteiger partial charge is 0.213 e. The molecule has 0 radical (unpaired) electrons. The first kappa shape index (κ1) is 15.3. The topological polar surface area (TPSA) is 89.6 Å². The molecule has 0 aliphatic rings. The Hall–Kier alpha value is -2.12. The normalized spacial score (nSPS) is 12.1. The molecule has 0 aliphatic heterocycles.